The third kappa shape index (κ3) is 2.83. The van der Waals surface area contributed by atoms with E-state index in [2.05, 4.69) is 0 Å². The van der Waals surface area contributed by atoms with E-state index in [4.69, 9.17) is 0 Å². The molecule has 0 unspecified atom stereocenters. The number of carbonyl (C=O) groups is 1. The number of hydrogen-bond donors (Lipinski definition) is 0. The van der Waals surface area contributed by atoms with Crippen molar-refractivity contribution in [3.8, 4) is 0 Å². The van der Waals surface area contributed by atoms with Crippen LogP contribution in [0.2, 0.25) is 0 Å². The molecule has 0 saturated heterocycles. The Morgan fingerprint density at radius 3 is 2.73 bits per heavy atom. The van der Waals surface area contributed by atoms with Crippen LogP contribution in [0.4, 0.5) is 10.1 Å². The number of nitro benzene ring substituents is 1. The van der Waals surface area contributed by atoms with Gasteiger partial charge in [0.25, 0.3) is 5.69 Å². The first-order chi connectivity index (χ1) is 7.04. The highest BCUT2D eigenvalue weighted by Crippen LogP contribution is 2.20. The van der Waals surface area contributed by atoms with E-state index in [0.717, 1.165) is 18.2 Å². The van der Waals surface area contributed by atoms with Crippen molar-refractivity contribution in [1.82, 2.24) is 0 Å². The standard InChI is InChI=1S/C10H10FNO3/c1-2-9(13)6-7-5-8(11)3-4-10(7)12(14)15/h3-5H,2,6H2,1H3. The second-order valence-electron chi connectivity index (χ2n) is 3.10. The van der Waals surface area contributed by atoms with Crippen LogP contribution in [0, 0.1) is 15.9 Å². The predicted octanol–water partition coefficient (Wildman–Crippen LogP) is 2.26. The van der Waals surface area contributed by atoms with Crippen LogP contribution in [-0.2, 0) is 11.2 Å². The third-order valence-electron chi connectivity index (χ3n) is 2.02. The minimum atomic E-state index is -0.613. The molecule has 0 bridgehead atoms. The second kappa shape index (κ2) is 4.63. The lowest BCUT2D eigenvalue weighted by Crippen LogP contribution is -2.04. The summed E-state index contributed by atoms with van der Waals surface area (Å²) < 4.78 is 12.8. The van der Waals surface area contributed by atoms with Crippen molar-refractivity contribution in [2.24, 2.45) is 0 Å². The van der Waals surface area contributed by atoms with Gasteiger partial charge >= 0.3 is 0 Å². The molecule has 0 fully saturated rings. The molecule has 0 aliphatic carbocycles. The minimum Gasteiger partial charge on any atom is -0.299 e. The molecule has 0 radical (unpaired) electrons. The Balaban J connectivity index is 3.07. The van der Waals surface area contributed by atoms with E-state index >= 15 is 0 Å². The van der Waals surface area contributed by atoms with Crippen LogP contribution in [0.5, 0.6) is 0 Å². The Labute approximate surface area is 85.9 Å². The van der Waals surface area contributed by atoms with Crippen LogP contribution in [0.15, 0.2) is 18.2 Å². The van der Waals surface area contributed by atoms with Gasteiger partial charge in [-0.2, -0.15) is 0 Å². The monoisotopic (exact) mass is 211 g/mol. The fourth-order valence-corrected chi connectivity index (χ4v) is 1.21. The third-order valence-corrected chi connectivity index (χ3v) is 2.02. The summed E-state index contributed by atoms with van der Waals surface area (Å²) >= 11 is 0. The Kier molecular flexibility index (Phi) is 3.49. The summed E-state index contributed by atoms with van der Waals surface area (Å²) in [5.41, 5.74) is -0.0787. The van der Waals surface area contributed by atoms with Gasteiger partial charge < -0.3 is 0 Å². The smallest absolute Gasteiger partial charge is 0.273 e. The van der Waals surface area contributed by atoms with Crippen molar-refractivity contribution in [2.45, 2.75) is 19.8 Å². The molecule has 1 aromatic rings. The first-order valence-corrected chi connectivity index (χ1v) is 4.49. The molecule has 1 aromatic carbocycles. The summed E-state index contributed by atoms with van der Waals surface area (Å²) in [4.78, 5) is 21.1. The molecule has 5 heteroatoms. The summed E-state index contributed by atoms with van der Waals surface area (Å²) in [7, 11) is 0. The van der Waals surface area contributed by atoms with Gasteiger partial charge in [0, 0.05) is 24.5 Å². The second-order valence-corrected chi connectivity index (χ2v) is 3.10. The SMILES string of the molecule is CCC(=O)Cc1cc(F)ccc1[N+](=O)[O-]. The maximum Gasteiger partial charge on any atom is 0.273 e. The van der Waals surface area contributed by atoms with Gasteiger partial charge in [-0.25, -0.2) is 4.39 Å². The van der Waals surface area contributed by atoms with E-state index in [1.165, 1.54) is 0 Å². The zero-order valence-electron chi connectivity index (χ0n) is 8.20. The van der Waals surface area contributed by atoms with E-state index in [0.29, 0.717) is 0 Å². The average Bonchev–Trinajstić information content (AvgIpc) is 2.17. The Hall–Kier alpha value is -1.78. The number of nitro groups is 1. The van der Waals surface area contributed by atoms with Crippen molar-refractivity contribution >= 4 is 11.5 Å². The van der Waals surface area contributed by atoms with E-state index in [9.17, 15) is 19.3 Å². The number of halogens is 1. The molecule has 15 heavy (non-hydrogen) atoms. The normalized spacial score (nSPS) is 10.0. The lowest BCUT2D eigenvalue weighted by atomic mass is 10.1. The van der Waals surface area contributed by atoms with Crippen LogP contribution in [-0.4, -0.2) is 10.7 Å². The molecule has 0 saturated carbocycles. The molecule has 1 rings (SSSR count). The van der Waals surface area contributed by atoms with Gasteiger partial charge in [-0.05, 0) is 12.1 Å². The van der Waals surface area contributed by atoms with Crippen molar-refractivity contribution in [3.63, 3.8) is 0 Å². The average molecular weight is 211 g/mol. The molecule has 0 spiro atoms. The molecule has 0 aliphatic rings. The minimum absolute atomic E-state index is 0.0927. The van der Waals surface area contributed by atoms with E-state index < -0.39 is 10.7 Å². The molecule has 0 N–H and O–H groups in total. The summed E-state index contributed by atoms with van der Waals surface area (Å²) in [5.74, 6) is -0.719. The molecule has 4 nitrogen and oxygen atoms in total. The van der Waals surface area contributed by atoms with Gasteiger partial charge in [-0.1, -0.05) is 6.92 Å². The van der Waals surface area contributed by atoms with Gasteiger partial charge in [-0.3, -0.25) is 14.9 Å². The largest absolute Gasteiger partial charge is 0.299 e. The first kappa shape index (κ1) is 11.3. The zero-order chi connectivity index (χ0) is 11.4. The number of carbonyl (C=O) groups excluding carboxylic acids is 1. The number of Topliss-reactive ketones (excluding diaryl/α,β-unsaturated/α-hetero) is 1. The lowest BCUT2D eigenvalue weighted by molar-refractivity contribution is -0.385. The van der Waals surface area contributed by atoms with Gasteiger partial charge in [0.05, 0.1) is 4.92 Å². The Morgan fingerprint density at radius 1 is 1.53 bits per heavy atom. The van der Waals surface area contributed by atoms with Crippen LogP contribution in [0.1, 0.15) is 18.9 Å². The number of rotatable bonds is 4. The maximum atomic E-state index is 12.8. The van der Waals surface area contributed by atoms with Crippen molar-refractivity contribution in [1.29, 1.82) is 0 Å². The van der Waals surface area contributed by atoms with E-state index in [-0.39, 0.29) is 29.9 Å². The van der Waals surface area contributed by atoms with Gasteiger partial charge in [0.2, 0.25) is 0 Å². The van der Waals surface area contributed by atoms with E-state index in [1.54, 1.807) is 6.92 Å². The molecular weight excluding hydrogens is 201 g/mol. The Bertz CT molecular complexity index is 404. The Morgan fingerprint density at radius 2 is 2.20 bits per heavy atom. The molecule has 80 valence electrons. The van der Waals surface area contributed by atoms with E-state index in [1.807, 2.05) is 0 Å². The fraction of sp³-hybridized carbons (Fsp3) is 0.300. The lowest BCUT2D eigenvalue weighted by Gasteiger charge is -2.01. The molecule has 0 aliphatic heterocycles. The summed E-state index contributed by atoms with van der Waals surface area (Å²) in [5, 5.41) is 10.6. The van der Waals surface area contributed by atoms with Gasteiger partial charge in [0.1, 0.15) is 11.6 Å². The topological polar surface area (TPSA) is 60.2 Å². The summed E-state index contributed by atoms with van der Waals surface area (Å²) in [6, 6.07) is 3.12. The quantitative estimate of drug-likeness (QED) is 0.566. The van der Waals surface area contributed by atoms with Crippen molar-refractivity contribution in [3.05, 3.63) is 39.7 Å². The highest BCUT2D eigenvalue weighted by Gasteiger charge is 2.16. The molecule has 0 amide bonds. The summed E-state index contributed by atoms with van der Waals surface area (Å²) in [6.07, 6.45) is 0.193. The highest BCUT2D eigenvalue weighted by molar-refractivity contribution is 5.81. The molecule has 0 atom stereocenters. The van der Waals surface area contributed by atoms with Crippen molar-refractivity contribution < 1.29 is 14.1 Å². The predicted molar refractivity (Wildman–Crippen MR) is 52.1 cm³/mol. The van der Waals surface area contributed by atoms with Crippen LogP contribution in [0.25, 0.3) is 0 Å². The van der Waals surface area contributed by atoms with Crippen molar-refractivity contribution in [2.75, 3.05) is 0 Å². The summed E-state index contributed by atoms with van der Waals surface area (Å²) in [6.45, 7) is 1.66. The highest BCUT2D eigenvalue weighted by atomic mass is 19.1. The molecule has 0 heterocycles. The molecular formula is C10H10FNO3. The van der Waals surface area contributed by atoms with Gasteiger partial charge in [-0.15, -0.1) is 0 Å². The number of nitrogens with zero attached hydrogens (tertiary/aromatic N) is 1. The number of hydrogen-bond acceptors (Lipinski definition) is 3. The van der Waals surface area contributed by atoms with Gasteiger partial charge in [0.15, 0.2) is 0 Å². The zero-order valence-corrected chi connectivity index (χ0v) is 8.20. The van der Waals surface area contributed by atoms with Crippen LogP contribution >= 0.6 is 0 Å². The maximum absolute atomic E-state index is 12.8. The van der Waals surface area contributed by atoms with Crippen LogP contribution in [0.3, 0.4) is 0 Å². The molecule has 0 aromatic heterocycles. The fourth-order valence-electron chi connectivity index (χ4n) is 1.21. The number of benzene rings is 1. The first-order valence-electron chi connectivity index (χ1n) is 4.49. The van der Waals surface area contributed by atoms with Crippen LogP contribution < -0.4 is 0 Å². The number of ketones is 1.